The number of halogens is 1. The van der Waals surface area contributed by atoms with Gasteiger partial charge in [0.15, 0.2) is 5.13 Å². The first-order valence-electron chi connectivity index (χ1n) is 9.27. The quantitative estimate of drug-likeness (QED) is 0.395. The van der Waals surface area contributed by atoms with Crippen LogP contribution < -0.4 is 4.90 Å². The van der Waals surface area contributed by atoms with Gasteiger partial charge in [0, 0.05) is 23.8 Å². The van der Waals surface area contributed by atoms with E-state index >= 15 is 0 Å². The molecule has 0 unspecified atom stereocenters. The summed E-state index contributed by atoms with van der Waals surface area (Å²) in [7, 11) is 0. The Morgan fingerprint density at radius 2 is 1.83 bits per heavy atom. The number of aromatic nitrogens is 1. The van der Waals surface area contributed by atoms with Gasteiger partial charge in [-0.1, -0.05) is 42.5 Å². The highest BCUT2D eigenvalue weighted by atomic mass is 32.1. The number of amides is 1. The molecule has 2 heterocycles. The zero-order chi connectivity index (χ0) is 20.1. The Kier molecular flexibility index (Phi) is 5.81. The molecule has 0 N–H and O–H groups in total. The summed E-state index contributed by atoms with van der Waals surface area (Å²) in [6.45, 7) is 0.332. The lowest BCUT2D eigenvalue weighted by atomic mass is 10.2. The number of thiazole rings is 1. The van der Waals surface area contributed by atoms with Crippen LogP contribution in [-0.2, 0) is 17.8 Å². The van der Waals surface area contributed by atoms with E-state index in [0.717, 1.165) is 22.6 Å². The maximum Gasteiger partial charge on any atom is 0.229 e. The molecule has 29 heavy (non-hydrogen) atoms. The molecule has 1 amide bonds. The number of benzene rings is 2. The molecule has 0 spiro atoms. The SMILES string of the molecule is O=C(CCc1ccco1)N(Cc1ccc(F)cc1)c1nc(-c2ccccc2)cs1. The van der Waals surface area contributed by atoms with Gasteiger partial charge in [0.1, 0.15) is 11.6 Å². The van der Waals surface area contributed by atoms with Crippen molar-refractivity contribution >= 4 is 22.4 Å². The summed E-state index contributed by atoms with van der Waals surface area (Å²) < 4.78 is 18.6. The van der Waals surface area contributed by atoms with Gasteiger partial charge >= 0.3 is 0 Å². The summed E-state index contributed by atoms with van der Waals surface area (Å²) in [5.74, 6) is 0.411. The molecular weight excluding hydrogens is 387 g/mol. The van der Waals surface area contributed by atoms with Crippen LogP contribution in [0.4, 0.5) is 9.52 Å². The van der Waals surface area contributed by atoms with Crippen molar-refractivity contribution in [2.24, 2.45) is 0 Å². The van der Waals surface area contributed by atoms with Crippen LogP contribution in [0, 0.1) is 5.82 Å². The minimum absolute atomic E-state index is 0.0558. The van der Waals surface area contributed by atoms with Gasteiger partial charge in [-0.05, 0) is 29.8 Å². The molecule has 0 aliphatic rings. The molecule has 0 bridgehead atoms. The fourth-order valence-corrected chi connectivity index (χ4v) is 3.84. The van der Waals surface area contributed by atoms with Crippen molar-refractivity contribution in [1.29, 1.82) is 0 Å². The first-order chi connectivity index (χ1) is 14.2. The Morgan fingerprint density at radius 1 is 1.03 bits per heavy atom. The normalized spacial score (nSPS) is 10.8. The molecule has 2 aromatic heterocycles. The Hall–Kier alpha value is -3.25. The molecule has 0 aliphatic heterocycles. The number of nitrogens with zero attached hydrogens (tertiary/aromatic N) is 2. The second-order valence-corrected chi connectivity index (χ2v) is 7.40. The van der Waals surface area contributed by atoms with E-state index in [9.17, 15) is 9.18 Å². The minimum atomic E-state index is -0.301. The molecule has 0 radical (unpaired) electrons. The summed E-state index contributed by atoms with van der Waals surface area (Å²) in [6.07, 6.45) is 2.42. The Morgan fingerprint density at radius 3 is 2.55 bits per heavy atom. The molecule has 4 rings (SSSR count). The van der Waals surface area contributed by atoms with E-state index in [2.05, 4.69) is 4.98 Å². The zero-order valence-corrected chi connectivity index (χ0v) is 16.4. The molecule has 146 valence electrons. The van der Waals surface area contributed by atoms with Crippen LogP contribution in [0.3, 0.4) is 0 Å². The maximum atomic E-state index is 13.3. The van der Waals surface area contributed by atoms with Crippen LogP contribution in [0.5, 0.6) is 0 Å². The lowest BCUT2D eigenvalue weighted by Crippen LogP contribution is -2.30. The lowest BCUT2D eigenvalue weighted by Gasteiger charge is -2.20. The van der Waals surface area contributed by atoms with Crippen molar-refractivity contribution in [3.8, 4) is 11.3 Å². The van der Waals surface area contributed by atoms with Crippen LogP contribution in [0.2, 0.25) is 0 Å². The van der Waals surface area contributed by atoms with Crippen molar-refractivity contribution in [3.05, 3.63) is 95.5 Å². The minimum Gasteiger partial charge on any atom is -0.469 e. The third-order valence-electron chi connectivity index (χ3n) is 4.51. The van der Waals surface area contributed by atoms with Crippen LogP contribution in [0.15, 0.2) is 82.8 Å². The largest absolute Gasteiger partial charge is 0.469 e. The second-order valence-electron chi connectivity index (χ2n) is 6.57. The Labute approximate surface area is 172 Å². The van der Waals surface area contributed by atoms with Crippen molar-refractivity contribution in [1.82, 2.24) is 4.98 Å². The number of anilines is 1. The summed E-state index contributed by atoms with van der Waals surface area (Å²) in [4.78, 5) is 19.4. The summed E-state index contributed by atoms with van der Waals surface area (Å²) in [5, 5.41) is 2.57. The highest BCUT2D eigenvalue weighted by Crippen LogP contribution is 2.29. The van der Waals surface area contributed by atoms with Gasteiger partial charge in [-0.2, -0.15) is 0 Å². The molecule has 6 heteroatoms. The van der Waals surface area contributed by atoms with E-state index in [1.807, 2.05) is 47.8 Å². The van der Waals surface area contributed by atoms with Gasteiger partial charge in [-0.25, -0.2) is 9.37 Å². The number of carbonyl (C=O) groups excluding carboxylic acids is 1. The van der Waals surface area contributed by atoms with Gasteiger partial charge in [0.25, 0.3) is 0 Å². The van der Waals surface area contributed by atoms with Crippen LogP contribution in [-0.4, -0.2) is 10.9 Å². The Bertz CT molecular complexity index is 1060. The van der Waals surface area contributed by atoms with E-state index in [4.69, 9.17) is 4.42 Å². The van der Waals surface area contributed by atoms with Crippen molar-refractivity contribution in [2.75, 3.05) is 4.90 Å². The average Bonchev–Trinajstić information content (AvgIpc) is 3.44. The van der Waals surface area contributed by atoms with Gasteiger partial charge in [-0.15, -0.1) is 11.3 Å². The average molecular weight is 406 g/mol. The fourth-order valence-electron chi connectivity index (χ4n) is 2.98. The Balaban J connectivity index is 1.57. The maximum absolute atomic E-state index is 13.3. The number of hydrogen-bond acceptors (Lipinski definition) is 4. The first kappa shape index (κ1) is 19.1. The number of aryl methyl sites for hydroxylation is 1. The predicted molar refractivity (Wildman–Crippen MR) is 112 cm³/mol. The molecule has 2 aromatic carbocycles. The molecule has 0 fully saturated rings. The van der Waals surface area contributed by atoms with Crippen molar-refractivity contribution in [2.45, 2.75) is 19.4 Å². The van der Waals surface area contributed by atoms with E-state index in [1.165, 1.54) is 23.5 Å². The first-order valence-corrected chi connectivity index (χ1v) is 10.1. The van der Waals surface area contributed by atoms with E-state index in [-0.39, 0.29) is 11.7 Å². The predicted octanol–water partition coefficient (Wildman–Crippen LogP) is 5.71. The summed E-state index contributed by atoms with van der Waals surface area (Å²) >= 11 is 1.42. The number of hydrogen-bond donors (Lipinski definition) is 0. The van der Waals surface area contributed by atoms with Gasteiger partial charge < -0.3 is 4.42 Å². The third-order valence-corrected chi connectivity index (χ3v) is 5.38. The van der Waals surface area contributed by atoms with E-state index in [0.29, 0.717) is 24.5 Å². The van der Waals surface area contributed by atoms with Crippen LogP contribution >= 0.6 is 11.3 Å². The number of furan rings is 1. The molecule has 0 saturated heterocycles. The summed E-state index contributed by atoms with van der Waals surface area (Å²) in [5.41, 5.74) is 2.67. The topological polar surface area (TPSA) is 46.3 Å². The third kappa shape index (κ3) is 4.78. The van der Waals surface area contributed by atoms with E-state index in [1.54, 1.807) is 23.3 Å². The van der Waals surface area contributed by atoms with Gasteiger partial charge in [0.2, 0.25) is 5.91 Å². The highest BCUT2D eigenvalue weighted by Gasteiger charge is 2.20. The zero-order valence-electron chi connectivity index (χ0n) is 15.6. The molecule has 0 atom stereocenters. The number of rotatable bonds is 7. The highest BCUT2D eigenvalue weighted by molar-refractivity contribution is 7.14. The van der Waals surface area contributed by atoms with Gasteiger partial charge in [0.05, 0.1) is 18.5 Å². The molecular formula is C23H19FN2O2S. The second kappa shape index (κ2) is 8.84. The fraction of sp³-hybridized carbons (Fsp3) is 0.130. The molecule has 4 nitrogen and oxygen atoms in total. The van der Waals surface area contributed by atoms with Crippen LogP contribution in [0.1, 0.15) is 17.7 Å². The number of carbonyl (C=O) groups is 1. The smallest absolute Gasteiger partial charge is 0.229 e. The standard InChI is InChI=1S/C23H19FN2O2S/c24-19-10-8-17(9-11-19)15-26(22(27)13-12-20-7-4-14-28-20)23-25-21(16-29-23)18-5-2-1-3-6-18/h1-11,14,16H,12-13,15H2. The van der Waals surface area contributed by atoms with Crippen LogP contribution in [0.25, 0.3) is 11.3 Å². The van der Waals surface area contributed by atoms with Gasteiger partial charge in [-0.3, -0.25) is 9.69 Å². The van der Waals surface area contributed by atoms with E-state index < -0.39 is 0 Å². The molecule has 0 saturated carbocycles. The summed E-state index contributed by atoms with van der Waals surface area (Å²) in [6, 6.07) is 19.7. The van der Waals surface area contributed by atoms with Crippen molar-refractivity contribution < 1.29 is 13.6 Å². The molecule has 0 aliphatic carbocycles. The van der Waals surface area contributed by atoms with Crippen molar-refractivity contribution in [3.63, 3.8) is 0 Å². The monoisotopic (exact) mass is 406 g/mol. The molecule has 4 aromatic rings. The lowest BCUT2D eigenvalue weighted by molar-refractivity contribution is -0.118.